The first-order valence-electron chi connectivity index (χ1n) is 6.08. The highest BCUT2D eigenvalue weighted by Crippen LogP contribution is 2.21. The highest BCUT2D eigenvalue weighted by atomic mass is 15.0. The second kappa shape index (κ2) is 4.57. The van der Waals surface area contributed by atoms with Gasteiger partial charge in [0.1, 0.15) is 17.5 Å². The number of hydrogen-bond donors (Lipinski definition) is 2. The summed E-state index contributed by atoms with van der Waals surface area (Å²) in [6.45, 7) is 1.82. The summed E-state index contributed by atoms with van der Waals surface area (Å²) in [5.74, 6) is 1.83. The van der Waals surface area contributed by atoms with E-state index < -0.39 is 0 Å². The molecule has 0 amide bonds. The van der Waals surface area contributed by atoms with Crippen LogP contribution in [0.3, 0.4) is 0 Å². The van der Waals surface area contributed by atoms with Crippen LogP contribution in [0.1, 0.15) is 5.82 Å². The van der Waals surface area contributed by atoms with Gasteiger partial charge in [-0.05, 0) is 29.8 Å². The Bertz CT molecular complexity index is 717. The molecule has 0 fully saturated rings. The molecule has 1 aromatic heterocycles. The molecule has 2 aromatic carbocycles. The lowest BCUT2D eigenvalue weighted by atomic mass is 10.1. The minimum Gasteiger partial charge on any atom is -0.384 e. The largest absolute Gasteiger partial charge is 0.384 e. The van der Waals surface area contributed by atoms with Crippen LogP contribution >= 0.6 is 0 Å². The molecule has 19 heavy (non-hydrogen) atoms. The quantitative estimate of drug-likeness (QED) is 0.732. The van der Waals surface area contributed by atoms with E-state index in [-0.39, 0.29) is 0 Å². The summed E-state index contributed by atoms with van der Waals surface area (Å²) < 4.78 is 0. The van der Waals surface area contributed by atoms with E-state index in [2.05, 4.69) is 39.6 Å². The SMILES string of the molecule is Cc1nc(N)cc(Nc2ccc3ccccc3c2)n1. The molecule has 0 spiro atoms. The summed E-state index contributed by atoms with van der Waals surface area (Å²) in [4.78, 5) is 8.36. The molecule has 0 radical (unpaired) electrons. The van der Waals surface area contributed by atoms with Crippen molar-refractivity contribution in [2.24, 2.45) is 0 Å². The van der Waals surface area contributed by atoms with E-state index in [4.69, 9.17) is 5.73 Å². The van der Waals surface area contributed by atoms with Crippen molar-refractivity contribution in [2.75, 3.05) is 11.1 Å². The van der Waals surface area contributed by atoms with Gasteiger partial charge in [0.25, 0.3) is 0 Å². The van der Waals surface area contributed by atoms with Gasteiger partial charge >= 0.3 is 0 Å². The molecule has 0 aliphatic heterocycles. The van der Waals surface area contributed by atoms with Crippen molar-refractivity contribution in [3.05, 3.63) is 54.4 Å². The number of nitrogens with zero attached hydrogens (tertiary/aromatic N) is 2. The topological polar surface area (TPSA) is 63.8 Å². The zero-order valence-electron chi connectivity index (χ0n) is 10.6. The maximum Gasteiger partial charge on any atom is 0.136 e. The normalized spacial score (nSPS) is 10.6. The third-order valence-corrected chi connectivity index (χ3v) is 2.88. The average Bonchev–Trinajstić information content (AvgIpc) is 2.37. The number of benzene rings is 2. The molecule has 4 nitrogen and oxygen atoms in total. The van der Waals surface area contributed by atoms with Crippen LogP contribution in [0.5, 0.6) is 0 Å². The molecule has 94 valence electrons. The van der Waals surface area contributed by atoms with Gasteiger partial charge in [-0.3, -0.25) is 0 Å². The molecule has 0 bridgehead atoms. The lowest BCUT2D eigenvalue weighted by Gasteiger charge is -2.08. The van der Waals surface area contributed by atoms with E-state index in [0.717, 1.165) is 5.69 Å². The summed E-state index contributed by atoms with van der Waals surface area (Å²) >= 11 is 0. The van der Waals surface area contributed by atoms with Gasteiger partial charge in [0.05, 0.1) is 0 Å². The van der Waals surface area contributed by atoms with Crippen molar-refractivity contribution in [1.82, 2.24) is 9.97 Å². The van der Waals surface area contributed by atoms with Crippen LogP contribution < -0.4 is 11.1 Å². The van der Waals surface area contributed by atoms with Crippen LogP contribution in [0.25, 0.3) is 10.8 Å². The fourth-order valence-corrected chi connectivity index (χ4v) is 2.07. The van der Waals surface area contributed by atoms with Gasteiger partial charge in [0, 0.05) is 11.8 Å². The van der Waals surface area contributed by atoms with E-state index in [1.807, 2.05) is 25.1 Å². The molecule has 1 heterocycles. The highest BCUT2D eigenvalue weighted by Gasteiger charge is 2.01. The van der Waals surface area contributed by atoms with Gasteiger partial charge in [-0.1, -0.05) is 30.3 Å². The van der Waals surface area contributed by atoms with E-state index in [1.54, 1.807) is 6.07 Å². The van der Waals surface area contributed by atoms with Crippen molar-refractivity contribution in [3.8, 4) is 0 Å². The number of nitrogens with two attached hydrogens (primary N) is 1. The fourth-order valence-electron chi connectivity index (χ4n) is 2.07. The molecular formula is C15H14N4. The number of nitrogen functional groups attached to an aromatic ring is 1. The Labute approximate surface area is 111 Å². The Morgan fingerprint density at radius 3 is 2.53 bits per heavy atom. The van der Waals surface area contributed by atoms with Gasteiger partial charge in [0.2, 0.25) is 0 Å². The van der Waals surface area contributed by atoms with Crippen molar-refractivity contribution in [2.45, 2.75) is 6.92 Å². The number of aromatic nitrogens is 2. The second-order valence-corrected chi connectivity index (χ2v) is 4.41. The lowest BCUT2D eigenvalue weighted by Crippen LogP contribution is -2.00. The molecular weight excluding hydrogens is 236 g/mol. The Morgan fingerprint density at radius 1 is 0.947 bits per heavy atom. The number of rotatable bonds is 2. The zero-order valence-corrected chi connectivity index (χ0v) is 10.6. The van der Waals surface area contributed by atoms with E-state index in [1.165, 1.54) is 10.8 Å². The van der Waals surface area contributed by atoms with Gasteiger partial charge in [0.15, 0.2) is 0 Å². The number of fused-ring (bicyclic) bond motifs is 1. The Balaban J connectivity index is 1.96. The molecule has 0 aliphatic carbocycles. The molecule has 0 saturated carbocycles. The maximum absolute atomic E-state index is 5.71. The lowest BCUT2D eigenvalue weighted by molar-refractivity contribution is 1.06. The number of anilines is 3. The Kier molecular flexibility index (Phi) is 2.76. The van der Waals surface area contributed by atoms with E-state index >= 15 is 0 Å². The number of nitrogens with one attached hydrogen (secondary N) is 1. The van der Waals surface area contributed by atoms with Crippen LogP contribution in [-0.2, 0) is 0 Å². The first kappa shape index (κ1) is 11.5. The predicted molar refractivity (Wildman–Crippen MR) is 78.4 cm³/mol. The average molecular weight is 250 g/mol. The number of hydrogen-bond acceptors (Lipinski definition) is 4. The monoisotopic (exact) mass is 250 g/mol. The zero-order chi connectivity index (χ0) is 13.2. The third kappa shape index (κ3) is 2.47. The summed E-state index contributed by atoms with van der Waals surface area (Å²) in [5.41, 5.74) is 6.70. The van der Waals surface area contributed by atoms with Gasteiger partial charge in [-0.25, -0.2) is 9.97 Å². The predicted octanol–water partition coefficient (Wildman–Crippen LogP) is 3.26. The van der Waals surface area contributed by atoms with Gasteiger partial charge in [-0.2, -0.15) is 0 Å². The molecule has 3 rings (SSSR count). The van der Waals surface area contributed by atoms with Crippen LogP contribution in [0, 0.1) is 6.92 Å². The summed E-state index contributed by atoms with van der Waals surface area (Å²) in [5, 5.41) is 5.65. The third-order valence-electron chi connectivity index (χ3n) is 2.88. The molecule has 4 heteroatoms. The molecule has 3 aromatic rings. The maximum atomic E-state index is 5.71. The molecule has 3 N–H and O–H groups in total. The van der Waals surface area contributed by atoms with Crippen molar-refractivity contribution in [3.63, 3.8) is 0 Å². The fraction of sp³-hybridized carbons (Fsp3) is 0.0667. The minimum atomic E-state index is 0.468. The van der Waals surface area contributed by atoms with Crippen LogP contribution in [0.15, 0.2) is 48.5 Å². The van der Waals surface area contributed by atoms with Crippen molar-refractivity contribution >= 4 is 28.1 Å². The van der Waals surface area contributed by atoms with Gasteiger partial charge in [-0.15, -0.1) is 0 Å². The summed E-state index contributed by atoms with van der Waals surface area (Å²) in [7, 11) is 0. The first-order valence-corrected chi connectivity index (χ1v) is 6.08. The summed E-state index contributed by atoms with van der Waals surface area (Å²) in [6.07, 6.45) is 0. The Morgan fingerprint density at radius 2 is 1.74 bits per heavy atom. The summed E-state index contributed by atoms with van der Waals surface area (Å²) in [6, 6.07) is 16.1. The second-order valence-electron chi connectivity index (χ2n) is 4.41. The van der Waals surface area contributed by atoms with Crippen LogP contribution in [0.4, 0.5) is 17.3 Å². The van der Waals surface area contributed by atoms with Crippen LogP contribution in [0.2, 0.25) is 0 Å². The minimum absolute atomic E-state index is 0.468. The Hall–Kier alpha value is -2.62. The van der Waals surface area contributed by atoms with E-state index in [0.29, 0.717) is 17.5 Å². The molecule has 0 unspecified atom stereocenters. The molecule has 0 saturated heterocycles. The standard InChI is InChI=1S/C15H14N4/c1-10-17-14(16)9-15(18-10)19-13-7-6-11-4-2-3-5-12(11)8-13/h2-9H,1H3,(H3,16,17,18,19). The van der Waals surface area contributed by atoms with Crippen molar-refractivity contribution < 1.29 is 0 Å². The highest BCUT2D eigenvalue weighted by molar-refractivity contribution is 5.86. The molecule has 0 atom stereocenters. The van der Waals surface area contributed by atoms with E-state index in [9.17, 15) is 0 Å². The number of aryl methyl sites for hydroxylation is 1. The van der Waals surface area contributed by atoms with Crippen LogP contribution in [-0.4, -0.2) is 9.97 Å². The smallest absolute Gasteiger partial charge is 0.136 e. The van der Waals surface area contributed by atoms with Gasteiger partial charge < -0.3 is 11.1 Å². The van der Waals surface area contributed by atoms with Crippen molar-refractivity contribution in [1.29, 1.82) is 0 Å². The molecule has 0 aliphatic rings. The first-order chi connectivity index (χ1) is 9.20.